The number of methoxy groups -OCH3 is 1. The van der Waals surface area contributed by atoms with Gasteiger partial charge in [-0.1, -0.05) is 18.2 Å². The highest BCUT2D eigenvalue weighted by molar-refractivity contribution is 5.92. The van der Waals surface area contributed by atoms with Gasteiger partial charge >= 0.3 is 12.1 Å². The normalized spacial score (nSPS) is 23.9. The van der Waals surface area contributed by atoms with Gasteiger partial charge in [-0.25, -0.2) is 4.79 Å². The lowest BCUT2D eigenvalue weighted by Gasteiger charge is -2.40. The molecule has 2 unspecified atom stereocenters. The second kappa shape index (κ2) is 6.98. The minimum Gasteiger partial charge on any atom is -0.469 e. The number of amides is 1. The summed E-state index contributed by atoms with van der Waals surface area (Å²) in [4.78, 5) is 25.9. The van der Waals surface area contributed by atoms with Gasteiger partial charge in [-0.3, -0.25) is 9.69 Å². The van der Waals surface area contributed by atoms with Crippen LogP contribution in [0.1, 0.15) is 12.0 Å². The Kier molecular flexibility index (Phi) is 5.26. The van der Waals surface area contributed by atoms with E-state index in [2.05, 4.69) is 5.32 Å². The van der Waals surface area contributed by atoms with Crippen LogP contribution in [0.3, 0.4) is 0 Å². The number of nitrogens with one attached hydrogen (secondary N) is 1. The second-order valence-corrected chi connectivity index (χ2v) is 5.24. The molecule has 1 fully saturated rings. The fourth-order valence-electron chi connectivity index (χ4n) is 3.03. The Morgan fingerprint density at radius 1 is 1.41 bits per heavy atom. The number of piperidine rings is 1. The van der Waals surface area contributed by atoms with Gasteiger partial charge in [0.25, 0.3) is 0 Å². The first-order chi connectivity index (χ1) is 10.2. The van der Waals surface area contributed by atoms with Crippen molar-refractivity contribution in [2.45, 2.75) is 19.1 Å². The molecule has 6 nitrogen and oxygen atoms in total. The Morgan fingerprint density at radius 2 is 2.18 bits per heavy atom. The van der Waals surface area contributed by atoms with Crippen LogP contribution in [0.25, 0.3) is 0 Å². The molecule has 0 bridgehead atoms. The number of nitrogens with zero attached hydrogens (tertiary/aromatic N) is 1. The molecule has 2 aliphatic heterocycles. The molecule has 1 N–H and O–H groups in total. The van der Waals surface area contributed by atoms with E-state index >= 15 is 0 Å². The third-order valence-corrected chi connectivity index (χ3v) is 4.08. The minimum atomic E-state index is -0.394. The number of fused-ring (bicyclic) bond motifs is 1. The zero-order valence-corrected chi connectivity index (χ0v) is 13.1. The first-order valence-corrected chi connectivity index (χ1v) is 7.05. The van der Waals surface area contributed by atoms with Gasteiger partial charge in [-0.05, 0) is 19.0 Å². The lowest BCUT2D eigenvalue weighted by molar-refractivity contribution is -0.146. The van der Waals surface area contributed by atoms with Crippen molar-refractivity contribution in [1.82, 2.24) is 5.32 Å². The first-order valence-electron chi connectivity index (χ1n) is 7.05. The quantitative estimate of drug-likeness (QED) is 0.838. The third-order valence-electron chi connectivity index (χ3n) is 4.08. The van der Waals surface area contributed by atoms with Crippen LogP contribution in [-0.4, -0.2) is 38.3 Å². The summed E-state index contributed by atoms with van der Waals surface area (Å²) < 4.78 is 10.1. The highest BCUT2D eigenvalue weighted by atomic mass is 35.5. The summed E-state index contributed by atoms with van der Waals surface area (Å²) in [5, 5.41) is 3.18. The van der Waals surface area contributed by atoms with Gasteiger partial charge < -0.3 is 14.8 Å². The molecule has 0 aliphatic carbocycles. The van der Waals surface area contributed by atoms with Crippen LogP contribution < -0.4 is 10.2 Å². The molecule has 3 rings (SSSR count). The average Bonchev–Trinajstić information content (AvgIpc) is 2.54. The maximum absolute atomic E-state index is 12.2. The van der Waals surface area contributed by atoms with Crippen LogP contribution >= 0.6 is 12.4 Å². The number of hydrogen-bond acceptors (Lipinski definition) is 5. The van der Waals surface area contributed by atoms with Crippen LogP contribution in [0.5, 0.6) is 0 Å². The smallest absolute Gasteiger partial charge is 0.414 e. The van der Waals surface area contributed by atoms with E-state index in [9.17, 15) is 9.59 Å². The van der Waals surface area contributed by atoms with Crippen molar-refractivity contribution >= 4 is 30.2 Å². The molecule has 0 radical (unpaired) electrons. The van der Waals surface area contributed by atoms with Gasteiger partial charge in [-0.15, -0.1) is 12.4 Å². The molecule has 2 heterocycles. The summed E-state index contributed by atoms with van der Waals surface area (Å²) in [5.41, 5.74) is 1.79. The van der Waals surface area contributed by atoms with Crippen LogP contribution in [-0.2, 0) is 20.9 Å². The zero-order chi connectivity index (χ0) is 14.8. The molecule has 1 saturated heterocycles. The molecule has 0 saturated carbocycles. The minimum absolute atomic E-state index is 0. The lowest BCUT2D eigenvalue weighted by Crippen LogP contribution is -2.56. The topological polar surface area (TPSA) is 67.9 Å². The highest BCUT2D eigenvalue weighted by Gasteiger charge is 2.41. The predicted molar refractivity (Wildman–Crippen MR) is 83.1 cm³/mol. The number of ether oxygens (including phenoxy) is 2. The van der Waals surface area contributed by atoms with E-state index in [-0.39, 0.29) is 36.9 Å². The Hall–Kier alpha value is -1.79. The summed E-state index contributed by atoms with van der Waals surface area (Å²) in [7, 11) is 1.37. The summed E-state index contributed by atoms with van der Waals surface area (Å²) in [6.45, 7) is 1.53. The first kappa shape index (κ1) is 16.6. The number of halogens is 1. The van der Waals surface area contributed by atoms with Gasteiger partial charge in [0.2, 0.25) is 0 Å². The second-order valence-electron chi connectivity index (χ2n) is 5.24. The van der Waals surface area contributed by atoms with E-state index in [1.165, 1.54) is 7.11 Å². The SMILES string of the molecule is COC(=O)C1CNCCC1N1C(=O)OCc2ccccc21.Cl. The van der Waals surface area contributed by atoms with Crippen molar-refractivity contribution in [3.8, 4) is 0 Å². The molecule has 0 aromatic heterocycles. The Labute approximate surface area is 135 Å². The Bertz CT molecular complexity index is 566. The summed E-state index contributed by atoms with van der Waals surface area (Å²) in [6.07, 6.45) is 0.290. The van der Waals surface area contributed by atoms with Crippen molar-refractivity contribution < 1.29 is 19.1 Å². The van der Waals surface area contributed by atoms with Gasteiger partial charge in [-0.2, -0.15) is 0 Å². The maximum Gasteiger partial charge on any atom is 0.414 e. The number of hydrogen-bond donors (Lipinski definition) is 1. The Balaban J connectivity index is 0.00000176. The van der Waals surface area contributed by atoms with Crippen molar-refractivity contribution in [2.75, 3.05) is 25.1 Å². The molecule has 2 aliphatic rings. The molecule has 1 amide bonds. The number of carbonyl (C=O) groups is 2. The maximum atomic E-state index is 12.2. The summed E-state index contributed by atoms with van der Waals surface area (Å²) in [5.74, 6) is -0.689. The lowest BCUT2D eigenvalue weighted by atomic mass is 9.91. The van der Waals surface area contributed by atoms with Crippen LogP contribution in [0.15, 0.2) is 24.3 Å². The van der Waals surface area contributed by atoms with E-state index in [1.807, 2.05) is 24.3 Å². The molecule has 1 aromatic rings. The predicted octanol–water partition coefficient (Wildman–Crippen LogP) is 1.72. The molecule has 0 spiro atoms. The fourth-order valence-corrected chi connectivity index (χ4v) is 3.03. The van der Waals surface area contributed by atoms with Crippen LogP contribution in [0, 0.1) is 5.92 Å². The molecular formula is C15H19ClN2O4. The van der Waals surface area contributed by atoms with E-state index < -0.39 is 6.09 Å². The van der Waals surface area contributed by atoms with E-state index in [0.29, 0.717) is 13.0 Å². The molecule has 22 heavy (non-hydrogen) atoms. The zero-order valence-electron chi connectivity index (χ0n) is 12.3. The number of benzene rings is 1. The van der Waals surface area contributed by atoms with Gasteiger partial charge in [0.1, 0.15) is 6.61 Å². The van der Waals surface area contributed by atoms with Gasteiger partial charge in [0.15, 0.2) is 0 Å². The Morgan fingerprint density at radius 3 is 2.95 bits per heavy atom. The number of rotatable bonds is 2. The number of carbonyl (C=O) groups excluding carboxylic acids is 2. The van der Waals surface area contributed by atoms with E-state index in [0.717, 1.165) is 17.8 Å². The molecule has 2 atom stereocenters. The van der Waals surface area contributed by atoms with Crippen LogP contribution in [0.2, 0.25) is 0 Å². The van der Waals surface area contributed by atoms with E-state index in [4.69, 9.17) is 9.47 Å². The molecule has 7 heteroatoms. The van der Waals surface area contributed by atoms with E-state index in [1.54, 1.807) is 4.90 Å². The van der Waals surface area contributed by atoms with Crippen molar-refractivity contribution in [3.05, 3.63) is 29.8 Å². The van der Waals surface area contributed by atoms with Crippen molar-refractivity contribution in [1.29, 1.82) is 0 Å². The number of cyclic esters (lactones) is 1. The average molecular weight is 327 g/mol. The van der Waals surface area contributed by atoms with Crippen molar-refractivity contribution in [3.63, 3.8) is 0 Å². The van der Waals surface area contributed by atoms with Crippen LogP contribution in [0.4, 0.5) is 10.5 Å². The highest BCUT2D eigenvalue weighted by Crippen LogP contribution is 2.32. The standard InChI is InChI=1S/C15H18N2O4.ClH/c1-20-14(18)11-8-16-7-6-13(11)17-12-5-3-2-4-10(12)9-21-15(17)19;/h2-5,11,13,16H,6-9H2,1H3;1H. The monoisotopic (exact) mass is 326 g/mol. The van der Waals surface area contributed by atoms with Crippen molar-refractivity contribution in [2.24, 2.45) is 5.92 Å². The van der Waals surface area contributed by atoms with Gasteiger partial charge in [0, 0.05) is 12.1 Å². The fraction of sp³-hybridized carbons (Fsp3) is 0.467. The number of esters is 1. The third kappa shape index (κ3) is 2.89. The number of anilines is 1. The summed E-state index contributed by atoms with van der Waals surface area (Å²) in [6, 6.07) is 7.39. The number of para-hydroxylation sites is 1. The molecule has 120 valence electrons. The summed E-state index contributed by atoms with van der Waals surface area (Å²) >= 11 is 0. The molecule has 1 aromatic carbocycles. The van der Waals surface area contributed by atoms with Gasteiger partial charge in [0.05, 0.1) is 24.8 Å². The molecular weight excluding hydrogens is 308 g/mol. The largest absolute Gasteiger partial charge is 0.469 e.